The Hall–Kier alpha value is -0.0505. The number of hydrogen-bond donors (Lipinski definition) is 2. The maximum absolute atomic E-state index is 9.94. The molecule has 0 radical (unpaired) electrons. The van der Waals surface area contributed by atoms with Crippen LogP contribution in [0.5, 0.6) is 0 Å². The first-order valence-corrected chi connectivity index (χ1v) is 7.68. The minimum absolute atomic E-state index is 0.0142. The van der Waals surface area contributed by atoms with Crippen LogP contribution in [0.25, 0.3) is 0 Å². The van der Waals surface area contributed by atoms with E-state index in [1.807, 2.05) is 18.2 Å². The van der Waals surface area contributed by atoms with Crippen molar-refractivity contribution in [1.82, 2.24) is 0 Å². The third-order valence-corrected chi connectivity index (χ3v) is 6.72. The van der Waals surface area contributed by atoms with Crippen molar-refractivity contribution in [3.05, 3.63) is 30.3 Å². The second-order valence-electron chi connectivity index (χ2n) is 4.05. The summed E-state index contributed by atoms with van der Waals surface area (Å²) in [6.07, 6.45) is 0.423. The van der Waals surface area contributed by atoms with Gasteiger partial charge in [0.05, 0.1) is 0 Å². The van der Waals surface area contributed by atoms with Crippen LogP contribution < -0.4 is 4.46 Å². The zero-order valence-electron chi connectivity index (χ0n) is 8.79. The summed E-state index contributed by atoms with van der Waals surface area (Å²) in [5.74, 6) is 0. The van der Waals surface area contributed by atoms with E-state index in [2.05, 4.69) is 12.1 Å². The first kappa shape index (κ1) is 12.4. The summed E-state index contributed by atoms with van der Waals surface area (Å²) in [6, 6.07) is 10.1. The van der Waals surface area contributed by atoms with E-state index >= 15 is 0 Å². The molecule has 2 rings (SSSR count). The van der Waals surface area contributed by atoms with E-state index in [1.54, 1.807) is 0 Å². The molecule has 0 aliphatic heterocycles. The molecule has 1 aliphatic rings. The van der Waals surface area contributed by atoms with Gasteiger partial charge in [-0.3, -0.25) is 0 Å². The fraction of sp³-hybridized carbons (Fsp3) is 0.500. The SMILES string of the molecule is O[C@@H]1CC[C@H](O)[C@H]([Se]c2ccccc2)[C@H]1Cl. The normalized spacial score (nSPS) is 34.9. The van der Waals surface area contributed by atoms with Gasteiger partial charge in [-0.05, 0) is 0 Å². The summed E-state index contributed by atoms with van der Waals surface area (Å²) in [5.41, 5.74) is 0. The topological polar surface area (TPSA) is 40.5 Å². The molecule has 0 unspecified atom stereocenters. The van der Waals surface area contributed by atoms with Gasteiger partial charge in [-0.25, -0.2) is 0 Å². The Kier molecular flexibility index (Phi) is 4.28. The van der Waals surface area contributed by atoms with Crippen molar-refractivity contribution in [2.45, 2.75) is 35.2 Å². The molecule has 0 spiro atoms. The molecule has 0 saturated heterocycles. The zero-order valence-corrected chi connectivity index (χ0v) is 11.3. The Balaban J connectivity index is 2.07. The van der Waals surface area contributed by atoms with Gasteiger partial charge in [-0.2, -0.15) is 0 Å². The molecule has 4 atom stereocenters. The number of halogens is 1. The van der Waals surface area contributed by atoms with E-state index in [1.165, 1.54) is 4.46 Å². The predicted molar refractivity (Wildman–Crippen MR) is 66.5 cm³/mol. The van der Waals surface area contributed by atoms with Crippen LogP contribution in [0.4, 0.5) is 0 Å². The number of aliphatic hydroxyl groups is 2. The molecular weight excluding hydrogens is 291 g/mol. The van der Waals surface area contributed by atoms with Gasteiger partial charge < -0.3 is 0 Å². The van der Waals surface area contributed by atoms with Crippen LogP contribution in [0.1, 0.15) is 12.8 Å². The minimum atomic E-state index is -0.472. The molecule has 1 aromatic rings. The molecule has 1 aromatic carbocycles. The fourth-order valence-electron chi connectivity index (χ4n) is 1.90. The summed E-state index contributed by atoms with van der Waals surface area (Å²) >= 11 is 6.30. The van der Waals surface area contributed by atoms with Gasteiger partial charge in [0.15, 0.2) is 0 Å². The molecular formula is C12H15ClO2Se. The van der Waals surface area contributed by atoms with E-state index in [0.717, 1.165) is 0 Å². The Labute approximate surface area is 107 Å². The van der Waals surface area contributed by atoms with Crippen LogP contribution in [0.3, 0.4) is 0 Å². The molecule has 4 heteroatoms. The molecule has 1 fully saturated rings. The molecule has 16 heavy (non-hydrogen) atoms. The van der Waals surface area contributed by atoms with Gasteiger partial charge in [0, 0.05) is 0 Å². The van der Waals surface area contributed by atoms with Crippen LogP contribution in [-0.4, -0.2) is 42.8 Å². The van der Waals surface area contributed by atoms with Crippen LogP contribution in [-0.2, 0) is 0 Å². The summed E-state index contributed by atoms with van der Waals surface area (Å²) in [5, 5.41) is 19.3. The molecule has 88 valence electrons. The third-order valence-electron chi connectivity index (χ3n) is 2.83. The fourth-order valence-corrected chi connectivity index (χ4v) is 5.04. The van der Waals surface area contributed by atoms with Gasteiger partial charge >= 0.3 is 107 Å². The number of aliphatic hydroxyl groups excluding tert-OH is 2. The van der Waals surface area contributed by atoms with Gasteiger partial charge in [0.2, 0.25) is 0 Å². The molecule has 0 aromatic heterocycles. The summed E-state index contributed by atoms with van der Waals surface area (Å²) in [6.45, 7) is 0. The predicted octanol–water partition coefficient (Wildman–Crippen LogP) is 0.928. The summed E-state index contributed by atoms with van der Waals surface area (Å²) < 4.78 is 1.22. The van der Waals surface area contributed by atoms with Crippen LogP contribution in [0.2, 0.25) is 4.82 Å². The second kappa shape index (κ2) is 5.52. The summed E-state index contributed by atoms with van der Waals surface area (Å²) in [4.78, 5) is 0.0142. The molecule has 2 N–H and O–H groups in total. The van der Waals surface area contributed by atoms with E-state index in [4.69, 9.17) is 11.6 Å². The summed E-state index contributed by atoms with van der Waals surface area (Å²) in [7, 11) is 0. The Morgan fingerprint density at radius 3 is 2.38 bits per heavy atom. The van der Waals surface area contributed by atoms with Crippen LogP contribution in [0, 0.1) is 0 Å². The molecule has 0 heterocycles. The molecule has 2 nitrogen and oxygen atoms in total. The van der Waals surface area contributed by atoms with Gasteiger partial charge in [-0.1, -0.05) is 0 Å². The second-order valence-corrected chi connectivity index (χ2v) is 7.18. The zero-order chi connectivity index (χ0) is 11.5. The van der Waals surface area contributed by atoms with Gasteiger partial charge in [-0.15, -0.1) is 0 Å². The monoisotopic (exact) mass is 306 g/mol. The number of rotatable bonds is 2. The third kappa shape index (κ3) is 2.79. The quantitative estimate of drug-likeness (QED) is 0.630. The van der Waals surface area contributed by atoms with Crippen molar-refractivity contribution in [2.24, 2.45) is 0 Å². The van der Waals surface area contributed by atoms with Crippen molar-refractivity contribution in [1.29, 1.82) is 0 Å². The van der Waals surface area contributed by atoms with Gasteiger partial charge in [0.1, 0.15) is 0 Å². The standard InChI is InChI=1S/C12H15ClO2Se/c13-11-9(14)6-7-10(15)12(11)16-8-4-2-1-3-5-8/h1-5,9-12,14-15H,6-7H2/t9-,10+,11+,12+/m1/s1. The Bertz CT molecular complexity index is 333. The van der Waals surface area contributed by atoms with Crippen molar-refractivity contribution in [2.75, 3.05) is 0 Å². The molecule has 1 saturated carbocycles. The first-order chi connectivity index (χ1) is 7.68. The van der Waals surface area contributed by atoms with Crippen molar-refractivity contribution in [3.63, 3.8) is 0 Å². The average Bonchev–Trinajstić information content (AvgIpc) is 2.31. The van der Waals surface area contributed by atoms with Crippen molar-refractivity contribution >= 4 is 31.0 Å². The molecule has 0 amide bonds. The van der Waals surface area contributed by atoms with Crippen molar-refractivity contribution < 1.29 is 10.2 Å². The van der Waals surface area contributed by atoms with Gasteiger partial charge in [0.25, 0.3) is 0 Å². The number of alkyl halides is 1. The molecule has 0 bridgehead atoms. The van der Waals surface area contributed by atoms with Crippen LogP contribution in [0.15, 0.2) is 30.3 Å². The maximum atomic E-state index is 9.94. The number of hydrogen-bond acceptors (Lipinski definition) is 2. The van der Waals surface area contributed by atoms with E-state index < -0.39 is 6.10 Å². The van der Waals surface area contributed by atoms with E-state index in [9.17, 15) is 10.2 Å². The van der Waals surface area contributed by atoms with E-state index in [-0.39, 0.29) is 31.3 Å². The Morgan fingerprint density at radius 2 is 1.69 bits per heavy atom. The Morgan fingerprint density at radius 1 is 1.06 bits per heavy atom. The van der Waals surface area contributed by atoms with Crippen molar-refractivity contribution in [3.8, 4) is 0 Å². The molecule has 1 aliphatic carbocycles. The van der Waals surface area contributed by atoms with E-state index in [0.29, 0.717) is 12.8 Å². The van der Waals surface area contributed by atoms with Crippen LogP contribution >= 0.6 is 11.6 Å². The average molecular weight is 306 g/mol. The number of benzene rings is 1. The first-order valence-electron chi connectivity index (χ1n) is 5.40.